The predicted molar refractivity (Wildman–Crippen MR) is 66.6 cm³/mol. The van der Waals surface area contributed by atoms with Gasteiger partial charge in [0, 0.05) is 5.92 Å². The summed E-state index contributed by atoms with van der Waals surface area (Å²) in [4.78, 5) is 15.4. The van der Waals surface area contributed by atoms with Crippen molar-refractivity contribution in [2.45, 2.75) is 25.2 Å². The second kappa shape index (κ2) is 4.84. The molecule has 98 valence electrons. The van der Waals surface area contributed by atoms with E-state index in [4.69, 9.17) is 4.52 Å². The molecule has 0 fully saturated rings. The molecular formula is C14H14N2O3. The fraction of sp³-hybridized carbons (Fsp3) is 0.357. The maximum absolute atomic E-state index is 11.1. The molecule has 5 nitrogen and oxygen atoms in total. The smallest absolute Gasteiger partial charge is 0.315 e. The third kappa shape index (κ3) is 2.36. The molecule has 1 aliphatic carbocycles. The van der Waals surface area contributed by atoms with Crippen LogP contribution in [-0.2, 0) is 28.8 Å². The molecule has 2 aromatic rings. The third-order valence-corrected chi connectivity index (χ3v) is 3.42. The highest BCUT2D eigenvalue weighted by molar-refractivity contribution is 5.71. The number of carbonyl (C=O) groups excluding carboxylic acids is 1. The Bertz CT molecular complexity index is 581. The molecule has 0 saturated carbocycles. The number of hydrogen-bond acceptors (Lipinski definition) is 5. The van der Waals surface area contributed by atoms with E-state index in [1.54, 1.807) is 0 Å². The lowest BCUT2D eigenvalue weighted by Gasteiger charge is -2.00. The molecule has 1 aromatic carbocycles. The molecule has 0 aliphatic heterocycles. The first-order valence-electron chi connectivity index (χ1n) is 6.22. The molecule has 1 aliphatic rings. The van der Waals surface area contributed by atoms with Crippen LogP contribution in [0.5, 0.6) is 0 Å². The standard InChI is InChI=1S/C14H14N2O3/c1-18-13(17)8-12-15-14(16-19-12)11-6-9-4-2-3-5-10(9)7-11/h2-5,11H,6-8H2,1H3. The van der Waals surface area contributed by atoms with Gasteiger partial charge >= 0.3 is 5.97 Å². The Kier molecular flexibility index (Phi) is 3.03. The van der Waals surface area contributed by atoms with Gasteiger partial charge in [-0.05, 0) is 24.0 Å². The summed E-state index contributed by atoms with van der Waals surface area (Å²) in [6.45, 7) is 0. The van der Waals surface area contributed by atoms with Crippen molar-refractivity contribution in [2.75, 3.05) is 7.11 Å². The van der Waals surface area contributed by atoms with Crippen molar-refractivity contribution in [3.63, 3.8) is 0 Å². The number of esters is 1. The van der Waals surface area contributed by atoms with Gasteiger partial charge in [0.1, 0.15) is 6.42 Å². The topological polar surface area (TPSA) is 65.2 Å². The summed E-state index contributed by atoms with van der Waals surface area (Å²) in [6.07, 6.45) is 1.88. The fourth-order valence-corrected chi connectivity index (χ4v) is 2.44. The molecule has 19 heavy (non-hydrogen) atoms. The van der Waals surface area contributed by atoms with Crippen LogP contribution in [0, 0.1) is 0 Å². The van der Waals surface area contributed by atoms with Crippen molar-refractivity contribution < 1.29 is 14.1 Å². The van der Waals surface area contributed by atoms with Crippen molar-refractivity contribution in [1.29, 1.82) is 0 Å². The first kappa shape index (κ1) is 11.9. The molecular weight excluding hydrogens is 244 g/mol. The molecule has 0 bridgehead atoms. The van der Waals surface area contributed by atoms with Crippen LogP contribution in [0.15, 0.2) is 28.8 Å². The van der Waals surface area contributed by atoms with Gasteiger partial charge in [-0.25, -0.2) is 0 Å². The first-order valence-corrected chi connectivity index (χ1v) is 6.22. The van der Waals surface area contributed by atoms with E-state index < -0.39 is 0 Å². The molecule has 0 unspecified atom stereocenters. The zero-order valence-electron chi connectivity index (χ0n) is 10.6. The molecule has 5 heteroatoms. The Morgan fingerprint density at radius 3 is 2.68 bits per heavy atom. The maximum atomic E-state index is 11.1. The molecule has 3 rings (SSSR count). The van der Waals surface area contributed by atoms with Crippen molar-refractivity contribution in [2.24, 2.45) is 0 Å². The van der Waals surface area contributed by atoms with Gasteiger partial charge in [-0.3, -0.25) is 4.79 Å². The number of benzene rings is 1. The van der Waals surface area contributed by atoms with Gasteiger partial charge in [-0.2, -0.15) is 4.98 Å². The molecule has 0 amide bonds. The van der Waals surface area contributed by atoms with Crippen LogP contribution in [0.1, 0.15) is 28.8 Å². The number of fused-ring (bicyclic) bond motifs is 1. The monoisotopic (exact) mass is 258 g/mol. The van der Waals surface area contributed by atoms with Gasteiger partial charge in [0.15, 0.2) is 5.82 Å². The number of methoxy groups -OCH3 is 1. The van der Waals surface area contributed by atoms with Gasteiger partial charge in [0.2, 0.25) is 5.89 Å². The van der Waals surface area contributed by atoms with E-state index in [0.717, 1.165) is 12.8 Å². The van der Waals surface area contributed by atoms with Crippen molar-refractivity contribution in [1.82, 2.24) is 10.1 Å². The van der Waals surface area contributed by atoms with Crippen LogP contribution >= 0.6 is 0 Å². The second-order valence-corrected chi connectivity index (χ2v) is 4.67. The highest BCUT2D eigenvalue weighted by atomic mass is 16.5. The fourth-order valence-electron chi connectivity index (χ4n) is 2.44. The Balaban J connectivity index is 1.73. The molecule has 0 atom stereocenters. The Morgan fingerprint density at radius 1 is 1.37 bits per heavy atom. The number of hydrogen-bond donors (Lipinski definition) is 0. The minimum atomic E-state index is -0.370. The van der Waals surface area contributed by atoms with Gasteiger partial charge in [-0.1, -0.05) is 29.4 Å². The van der Waals surface area contributed by atoms with Gasteiger partial charge in [0.25, 0.3) is 0 Å². The van der Waals surface area contributed by atoms with Crippen LogP contribution in [0.25, 0.3) is 0 Å². The van der Waals surface area contributed by atoms with Crippen LogP contribution in [-0.4, -0.2) is 23.2 Å². The third-order valence-electron chi connectivity index (χ3n) is 3.42. The van der Waals surface area contributed by atoms with Crippen LogP contribution in [0.4, 0.5) is 0 Å². The van der Waals surface area contributed by atoms with Crippen LogP contribution in [0.2, 0.25) is 0 Å². The summed E-state index contributed by atoms with van der Waals surface area (Å²) >= 11 is 0. The predicted octanol–water partition coefficient (Wildman–Crippen LogP) is 1.67. The van der Waals surface area contributed by atoms with E-state index in [9.17, 15) is 4.79 Å². The molecule has 1 aromatic heterocycles. The molecule has 0 N–H and O–H groups in total. The largest absolute Gasteiger partial charge is 0.469 e. The van der Waals surface area contributed by atoms with Crippen LogP contribution < -0.4 is 0 Å². The van der Waals surface area contributed by atoms with E-state index in [1.807, 2.05) is 12.1 Å². The Morgan fingerprint density at radius 2 is 2.05 bits per heavy atom. The summed E-state index contributed by atoms with van der Waals surface area (Å²) in [6, 6.07) is 8.34. The quantitative estimate of drug-likeness (QED) is 0.783. The number of nitrogens with zero attached hydrogens (tertiary/aromatic N) is 2. The summed E-state index contributed by atoms with van der Waals surface area (Å²) in [5.41, 5.74) is 2.68. The number of rotatable bonds is 3. The van der Waals surface area contributed by atoms with E-state index in [0.29, 0.717) is 11.7 Å². The van der Waals surface area contributed by atoms with E-state index in [-0.39, 0.29) is 18.3 Å². The lowest BCUT2D eigenvalue weighted by Crippen LogP contribution is -2.05. The number of carbonyl (C=O) groups is 1. The lowest BCUT2D eigenvalue weighted by atomic mass is 10.1. The molecule has 0 spiro atoms. The van der Waals surface area contributed by atoms with E-state index >= 15 is 0 Å². The molecule has 1 heterocycles. The number of ether oxygens (including phenoxy) is 1. The second-order valence-electron chi connectivity index (χ2n) is 4.67. The summed E-state index contributed by atoms with van der Waals surface area (Å²) < 4.78 is 9.66. The zero-order chi connectivity index (χ0) is 13.2. The Hall–Kier alpha value is -2.17. The van der Waals surface area contributed by atoms with E-state index in [2.05, 4.69) is 27.0 Å². The average molecular weight is 258 g/mol. The van der Waals surface area contributed by atoms with Gasteiger partial charge < -0.3 is 9.26 Å². The highest BCUT2D eigenvalue weighted by Crippen LogP contribution is 2.32. The molecule has 0 radical (unpaired) electrons. The molecule has 0 saturated heterocycles. The number of aromatic nitrogens is 2. The highest BCUT2D eigenvalue weighted by Gasteiger charge is 2.26. The van der Waals surface area contributed by atoms with Crippen molar-refractivity contribution in [3.8, 4) is 0 Å². The van der Waals surface area contributed by atoms with Crippen molar-refractivity contribution >= 4 is 5.97 Å². The van der Waals surface area contributed by atoms with E-state index in [1.165, 1.54) is 18.2 Å². The summed E-state index contributed by atoms with van der Waals surface area (Å²) in [5, 5.41) is 3.97. The minimum Gasteiger partial charge on any atom is -0.469 e. The van der Waals surface area contributed by atoms with Crippen LogP contribution in [0.3, 0.4) is 0 Å². The normalized spacial score (nSPS) is 14.4. The lowest BCUT2D eigenvalue weighted by molar-refractivity contribution is -0.140. The zero-order valence-corrected chi connectivity index (χ0v) is 10.6. The maximum Gasteiger partial charge on any atom is 0.315 e. The Labute approximate surface area is 110 Å². The summed E-state index contributed by atoms with van der Waals surface area (Å²) in [5.74, 6) is 0.866. The van der Waals surface area contributed by atoms with Crippen molar-refractivity contribution in [3.05, 3.63) is 47.1 Å². The van der Waals surface area contributed by atoms with Gasteiger partial charge in [0.05, 0.1) is 7.11 Å². The summed E-state index contributed by atoms with van der Waals surface area (Å²) in [7, 11) is 1.34. The SMILES string of the molecule is COC(=O)Cc1nc(C2Cc3ccccc3C2)no1. The average Bonchev–Trinajstić information content (AvgIpc) is 3.04. The van der Waals surface area contributed by atoms with Gasteiger partial charge in [-0.15, -0.1) is 0 Å². The first-order chi connectivity index (χ1) is 9.26. The minimum absolute atomic E-state index is 0.0309.